The summed E-state index contributed by atoms with van der Waals surface area (Å²) in [5.41, 5.74) is 4.79. The van der Waals surface area contributed by atoms with Gasteiger partial charge in [0.05, 0.1) is 5.92 Å². The van der Waals surface area contributed by atoms with Gasteiger partial charge in [0.15, 0.2) is 0 Å². The van der Waals surface area contributed by atoms with Gasteiger partial charge in [0.25, 0.3) is 0 Å². The first kappa shape index (κ1) is 9.61. The van der Waals surface area contributed by atoms with Crippen molar-refractivity contribution < 1.29 is 14.7 Å². The molecule has 0 unspecified atom stereocenters. The average Bonchev–Trinajstić information content (AvgIpc) is 1.87. The molecule has 0 rings (SSSR count). The lowest BCUT2D eigenvalue weighted by Crippen LogP contribution is -2.18. The molecule has 0 saturated carbocycles. The van der Waals surface area contributed by atoms with Gasteiger partial charge in [-0.25, -0.2) is 0 Å². The molecule has 0 aromatic heterocycles. The number of carboxylic acid groups (broad SMARTS) is 1. The number of rotatable bonds is 5. The summed E-state index contributed by atoms with van der Waals surface area (Å²) in [5.74, 6) is -2.53. The van der Waals surface area contributed by atoms with E-state index in [-0.39, 0.29) is 12.8 Å². The predicted octanol–water partition coefficient (Wildman–Crippen LogP) is -0.398. The standard InChI is InChI=1S/C6H10N2O3/c7-3-4(6(10)11)1-2-5(8)9/h3-4,7H,1-2H2,(H2,8,9)(H,10,11)/t4-/m1/s1. The first-order chi connectivity index (χ1) is 5.07. The largest absolute Gasteiger partial charge is 0.481 e. The van der Waals surface area contributed by atoms with Gasteiger partial charge in [-0.3, -0.25) is 9.59 Å². The first-order valence-electron chi connectivity index (χ1n) is 3.09. The van der Waals surface area contributed by atoms with Crippen LogP contribution < -0.4 is 5.73 Å². The predicted molar refractivity (Wildman–Crippen MR) is 38.3 cm³/mol. The van der Waals surface area contributed by atoms with Crippen molar-refractivity contribution in [1.29, 1.82) is 5.41 Å². The van der Waals surface area contributed by atoms with E-state index in [0.717, 1.165) is 6.21 Å². The Bertz CT molecular complexity index is 179. The van der Waals surface area contributed by atoms with E-state index in [0.29, 0.717) is 0 Å². The number of hydrogen-bond acceptors (Lipinski definition) is 3. The molecule has 0 saturated heterocycles. The minimum Gasteiger partial charge on any atom is -0.481 e. The minimum absolute atomic E-state index is 0.00630. The highest BCUT2D eigenvalue weighted by molar-refractivity contribution is 5.88. The smallest absolute Gasteiger partial charge is 0.311 e. The second kappa shape index (κ2) is 4.43. The zero-order chi connectivity index (χ0) is 8.85. The number of nitrogens with one attached hydrogen (secondary N) is 1. The molecule has 1 atom stereocenters. The molecular weight excluding hydrogens is 148 g/mol. The van der Waals surface area contributed by atoms with E-state index < -0.39 is 17.8 Å². The minimum atomic E-state index is -1.10. The Morgan fingerprint density at radius 1 is 1.64 bits per heavy atom. The van der Waals surface area contributed by atoms with Gasteiger partial charge in [0, 0.05) is 12.6 Å². The van der Waals surface area contributed by atoms with Gasteiger partial charge >= 0.3 is 5.97 Å². The third-order valence-corrected chi connectivity index (χ3v) is 1.22. The van der Waals surface area contributed by atoms with Crippen LogP contribution in [-0.4, -0.2) is 23.2 Å². The van der Waals surface area contributed by atoms with Crippen LogP contribution >= 0.6 is 0 Å². The Kier molecular flexibility index (Phi) is 3.87. The topological polar surface area (TPSA) is 104 Å². The number of amides is 1. The molecule has 0 radical (unpaired) electrons. The molecule has 0 aliphatic heterocycles. The lowest BCUT2D eigenvalue weighted by molar-refractivity contribution is -0.139. The first-order valence-corrected chi connectivity index (χ1v) is 3.09. The Hall–Kier alpha value is -1.39. The zero-order valence-corrected chi connectivity index (χ0v) is 5.91. The molecule has 1 amide bonds. The third kappa shape index (κ3) is 4.07. The Morgan fingerprint density at radius 2 is 2.18 bits per heavy atom. The number of hydrogen-bond donors (Lipinski definition) is 3. The van der Waals surface area contributed by atoms with Gasteiger partial charge in [0.1, 0.15) is 0 Å². The second-order valence-corrected chi connectivity index (χ2v) is 2.12. The summed E-state index contributed by atoms with van der Waals surface area (Å²) in [5, 5.41) is 15.1. The van der Waals surface area contributed by atoms with Crippen molar-refractivity contribution in [3.63, 3.8) is 0 Å². The van der Waals surface area contributed by atoms with Crippen LogP contribution in [0.1, 0.15) is 12.8 Å². The lowest BCUT2D eigenvalue weighted by atomic mass is 10.1. The van der Waals surface area contributed by atoms with Crippen LogP contribution in [0.2, 0.25) is 0 Å². The van der Waals surface area contributed by atoms with Gasteiger partial charge in [-0.2, -0.15) is 0 Å². The van der Waals surface area contributed by atoms with Crippen LogP contribution in [0.4, 0.5) is 0 Å². The maximum atomic E-state index is 10.2. The molecule has 0 bridgehead atoms. The molecule has 0 aromatic carbocycles. The number of carbonyl (C=O) groups is 2. The van der Waals surface area contributed by atoms with Crippen molar-refractivity contribution in [3.05, 3.63) is 0 Å². The van der Waals surface area contributed by atoms with E-state index in [2.05, 4.69) is 0 Å². The lowest BCUT2D eigenvalue weighted by Gasteiger charge is -2.02. The fourth-order valence-electron chi connectivity index (χ4n) is 0.576. The molecule has 0 aliphatic rings. The van der Waals surface area contributed by atoms with Gasteiger partial charge in [-0.1, -0.05) is 0 Å². The molecule has 62 valence electrons. The van der Waals surface area contributed by atoms with Crippen molar-refractivity contribution in [2.24, 2.45) is 11.7 Å². The van der Waals surface area contributed by atoms with E-state index >= 15 is 0 Å². The average molecular weight is 158 g/mol. The number of primary amides is 1. The Balaban J connectivity index is 3.79. The molecule has 0 aromatic rings. The van der Waals surface area contributed by atoms with Crippen LogP contribution in [0.15, 0.2) is 0 Å². The van der Waals surface area contributed by atoms with E-state index in [9.17, 15) is 9.59 Å². The second-order valence-electron chi connectivity index (χ2n) is 2.12. The van der Waals surface area contributed by atoms with Crippen molar-refractivity contribution in [1.82, 2.24) is 0 Å². The fraction of sp³-hybridized carbons (Fsp3) is 0.500. The molecule has 11 heavy (non-hydrogen) atoms. The molecule has 0 heterocycles. The number of carboxylic acids is 1. The van der Waals surface area contributed by atoms with Crippen molar-refractivity contribution in [2.45, 2.75) is 12.8 Å². The normalized spacial score (nSPS) is 12.0. The summed E-state index contributed by atoms with van der Waals surface area (Å²) in [7, 11) is 0. The highest BCUT2D eigenvalue weighted by Crippen LogP contribution is 2.02. The third-order valence-electron chi connectivity index (χ3n) is 1.22. The summed E-state index contributed by atoms with van der Waals surface area (Å²) in [4.78, 5) is 20.4. The van der Waals surface area contributed by atoms with Crippen molar-refractivity contribution in [2.75, 3.05) is 0 Å². The Labute approximate surface area is 63.7 Å². The summed E-state index contributed by atoms with van der Waals surface area (Å²) in [6.45, 7) is 0. The van der Waals surface area contributed by atoms with Crippen molar-refractivity contribution >= 4 is 18.1 Å². The Morgan fingerprint density at radius 3 is 2.45 bits per heavy atom. The molecular formula is C6H10N2O3. The summed E-state index contributed by atoms with van der Waals surface area (Å²) in [6, 6.07) is 0. The summed E-state index contributed by atoms with van der Waals surface area (Å²) in [6.07, 6.45) is 0.909. The zero-order valence-electron chi connectivity index (χ0n) is 5.91. The monoisotopic (exact) mass is 158 g/mol. The van der Waals surface area contributed by atoms with Crippen LogP contribution in [0.25, 0.3) is 0 Å². The molecule has 0 fully saturated rings. The summed E-state index contributed by atoms with van der Waals surface area (Å²) >= 11 is 0. The molecule has 0 spiro atoms. The van der Waals surface area contributed by atoms with Crippen LogP contribution in [0.3, 0.4) is 0 Å². The van der Waals surface area contributed by atoms with Gasteiger partial charge in [0.2, 0.25) is 5.91 Å². The van der Waals surface area contributed by atoms with E-state index in [1.165, 1.54) is 0 Å². The molecule has 0 aliphatic carbocycles. The maximum Gasteiger partial charge on any atom is 0.311 e. The fourth-order valence-corrected chi connectivity index (χ4v) is 0.576. The maximum absolute atomic E-state index is 10.2. The van der Waals surface area contributed by atoms with E-state index in [1.807, 2.05) is 0 Å². The highest BCUT2D eigenvalue weighted by atomic mass is 16.4. The van der Waals surface area contributed by atoms with Crippen LogP contribution in [-0.2, 0) is 9.59 Å². The molecule has 5 heteroatoms. The van der Waals surface area contributed by atoms with Crippen LogP contribution in [0, 0.1) is 11.3 Å². The van der Waals surface area contributed by atoms with Gasteiger partial charge < -0.3 is 16.2 Å². The van der Waals surface area contributed by atoms with Crippen molar-refractivity contribution in [3.8, 4) is 0 Å². The number of aliphatic carboxylic acids is 1. The van der Waals surface area contributed by atoms with E-state index in [4.69, 9.17) is 16.2 Å². The number of nitrogens with two attached hydrogens (primary N) is 1. The van der Waals surface area contributed by atoms with E-state index in [1.54, 1.807) is 0 Å². The highest BCUT2D eigenvalue weighted by Gasteiger charge is 2.14. The SMILES string of the molecule is N=C[C@@H](CCC(N)=O)C(=O)O. The molecule has 5 nitrogen and oxygen atoms in total. The summed E-state index contributed by atoms with van der Waals surface area (Å²) < 4.78 is 0. The van der Waals surface area contributed by atoms with Gasteiger partial charge in [-0.15, -0.1) is 0 Å². The van der Waals surface area contributed by atoms with Crippen LogP contribution in [0.5, 0.6) is 0 Å². The van der Waals surface area contributed by atoms with Gasteiger partial charge in [-0.05, 0) is 6.42 Å². The quantitative estimate of drug-likeness (QED) is 0.474. The number of carbonyl (C=O) groups excluding carboxylic acids is 1. The molecule has 4 N–H and O–H groups in total.